The zero-order chi connectivity index (χ0) is 9.26. The molecule has 5 heteroatoms. The van der Waals surface area contributed by atoms with Gasteiger partial charge in [-0.15, -0.1) is 0 Å². The average molecular weight is 303 g/mol. The third-order valence-electron chi connectivity index (χ3n) is 1.66. The van der Waals surface area contributed by atoms with Crippen LogP contribution in [0.15, 0.2) is 18.5 Å². The van der Waals surface area contributed by atoms with Crippen LogP contribution in [0.25, 0.3) is 11.4 Å². The molecule has 3 nitrogen and oxygen atoms in total. The molecule has 0 unspecified atom stereocenters. The highest BCUT2D eigenvalue weighted by atomic mass is 127. The van der Waals surface area contributed by atoms with Gasteiger partial charge >= 0.3 is 0 Å². The monoisotopic (exact) mass is 303 g/mol. The maximum Gasteiger partial charge on any atom is 0.174 e. The van der Waals surface area contributed by atoms with E-state index < -0.39 is 0 Å². The van der Waals surface area contributed by atoms with Crippen molar-refractivity contribution < 1.29 is 0 Å². The molecule has 0 saturated heterocycles. The second kappa shape index (κ2) is 3.67. The summed E-state index contributed by atoms with van der Waals surface area (Å²) < 4.78 is 5.20. The van der Waals surface area contributed by atoms with Crippen LogP contribution >= 0.6 is 34.1 Å². The number of aromatic nitrogens is 3. The van der Waals surface area contributed by atoms with E-state index in [0.717, 1.165) is 20.0 Å². The highest BCUT2D eigenvalue weighted by Gasteiger charge is 2.06. The van der Waals surface area contributed by atoms with Crippen molar-refractivity contribution in [3.05, 3.63) is 27.0 Å². The van der Waals surface area contributed by atoms with Gasteiger partial charge in [-0.3, -0.25) is 4.98 Å². The van der Waals surface area contributed by atoms with Gasteiger partial charge in [-0.05, 0) is 52.7 Å². The van der Waals surface area contributed by atoms with Crippen molar-refractivity contribution in [2.75, 3.05) is 0 Å². The summed E-state index contributed by atoms with van der Waals surface area (Å²) in [5, 5.41) is 0. The van der Waals surface area contributed by atoms with E-state index >= 15 is 0 Å². The van der Waals surface area contributed by atoms with Gasteiger partial charge in [0.1, 0.15) is 0 Å². The predicted molar refractivity (Wildman–Crippen MR) is 60.6 cm³/mol. The van der Waals surface area contributed by atoms with Gasteiger partial charge in [0.15, 0.2) is 8.84 Å². The standard InChI is InChI=1S/C8H6IN3S/c1-5-4-10-3-2-6(5)7-11-8(9)13-12-7/h2-4H,1H3. The van der Waals surface area contributed by atoms with Crippen molar-refractivity contribution in [1.82, 2.24) is 14.3 Å². The molecule has 0 radical (unpaired) electrons. The van der Waals surface area contributed by atoms with Gasteiger partial charge in [0.05, 0.1) is 0 Å². The average Bonchev–Trinajstić information content (AvgIpc) is 2.53. The lowest BCUT2D eigenvalue weighted by atomic mass is 10.1. The quantitative estimate of drug-likeness (QED) is 0.760. The highest BCUT2D eigenvalue weighted by molar-refractivity contribution is 14.1. The first kappa shape index (κ1) is 9.01. The van der Waals surface area contributed by atoms with E-state index in [4.69, 9.17) is 0 Å². The van der Waals surface area contributed by atoms with Crippen LogP contribution in [0, 0.1) is 9.94 Å². The summed E-state index contributed by atoms with van der Waals surface area (Å²) in [7, 11) is 0. The molecule has 2 rings (SSSR count). The van der Waals surface area contributed by atoms with E-state index in [1.807, 2.05) is 19.2 Å². The van der Waals surface area contributed by atoms with Crippen LogP contribution in [-0.2, 0) is 0 Å². The van der Waals surface area contributed by atoms with Crippen molar-refractivity contribution >= 4 is 34.1 Å². The first-order valence-corrected chi connectivity index (χ1v) is 5.53. The number of hydrogen-bond acceptors (Lipinski definition) is 4. The topological polar surface area (TPSA) is 38.7 Å². The molecule has 0 aliphatic rings. The van der Waals surface area contributed by atoms with E-state index in [0.29, 0.717) is 0 Å². The lowest BCUT2D eigenvalue weighted by molar-refractivity contribution is 1.23. The number of nitrogens with zero attached hydrogens (tertiary/aromatic N) is 3. The van der Waals surface area contributed by atoms with Crippen LogP contribution in [-0.4, -0.2) is 14.3 Å². The van der Waals surface area contributed by atoms with Crippen molar-refractivity contribution in [2.45, 2.75) is 6.92 Å². The molecule has 0 fully saturated rings. The number of aryl methyl sites for hydroxylation is 1. The number of rotatable bonds is 1. The molecule has 0 aromatic carbocycles. The smallest absolute Gasteiger partial charge is 0.174 e. The minimum Gasteiger partial charge on any atom is -0.264 e. The van der Waals surface area contributed by atoms with Crippen molar-refractivity contribution in [3.8, 4) is 11.4 Å². The molecule has 66 valence electrons. The molecule has 0 saturated carbocycles. The van der Waals surface area contributed by atoms with Crippen LogP contribution < -0.4 is 0 Å². The second-order valence-electron chi connectivity index (χ2n) is 2.56. The van der Waals surface area contributed by atoms with Gasteiger partial charge < -0.3 is 0 Å². The van der Waals surface area contributed by atoms with Crippen LogP contribution in [0.1, 0.15) is 5.56 Å². The van der Waals surface area contributed by atoms with Gasteiger partial charge in [0, 0.05) is 18.0 Å². The Labute approximate surface area is 93.6 Å². The highest BCUT2D eigenvalue weighted by Crippen LogP contribution is 2.21. The van der Waals surface area contributed by atoms with Gasteiger partial charge in [-0.1, -0.05) is 0 Å². The Balaban J connectivity index is 2.52. The Hall–Kier alpha value is -0.560. The van der Waals surface area contributed by atoms with E-state index in [2.05, 4.69) is 36.9 Å². The molecule has 13 heavy (non-hydrogen) atoms. The SMILES string of the molecule is Cc1cnccc1-c1nsc(I)n1. The molecule has 0 spiro atoms. The second-order valence-corrected chi connectivity index (χ2v) is 5.07. The first-order valence-electron chi connectivity index (χ1n) is 3.67. The fourth-order valence-electron chi connectivity index (χ4n) is 1.04. The summed E-state index contributed by atoms with van der Waals surface area (Å²) in [6, 6.07) is 1.94. The lowest BCUT2D eigenvalue weighted by Crippen LogP contribution is -1.86. The van der Waals surface area contributed by atoms with Crippen molar-refractivity contribution in [3.63, 3.8) is 0 Å². The minimum absolute atomic E-state index is 0.800. The Morgan fingerprint density at radius 1 is 1.46 bits per heavy atom. The predicted octanol–water partition coefficient (Wildman–Crippen LogP) is 2.51. The third-order valence-corrected chi connectivity index (χ3v) is 3.00. The molecule has 0 amide bonds. The van der Waals surface area contributed by atoms with Crippen molar-refractivity contribution in [2.24, 2.45) is 0 Å². The normalized spacial score (nSPS) is 10.3. The zero-order valence-corrected chi connectivity index (χ0v) is 9.83. The fraction of sp³-hybridized carbons (Fsp3) is 0.125. The van der Waals surface area contributed by atoms with Crippen LogP contribution in [0.2, 0.25) is 0 Å². The van der Waals surface area contributed by atoms with E-state index in [9.17, 15) is 0 Å². The van der Waals surface area contributed by atoms with Gasteiger partial charge in [0.2, 0.25) is 0 Å². The molecular formula is C8H6IN3S. The summed E-state index contributed by atoms with van der Waals surface area (Å²) in [5.74, 6) is 0.800. The van der Waals surface area contributed by atoms with Gasteiger partial charge in [-0.2, -0.15) is 4.37 Å². The molecule has 2 aromatic heterocycles. The molecule has 2 aromatic rings. The number of pyridine rings is 1. The summed E-state index contributed by atoms with van der Waals surface area (Å²) in [6.07, 6.45) is 3.58. The summed E-state index contributed by atoms with van der Waals surface area (Å²) in [4.78, 5) is 8.33. The van der Waals surface area contributed by atoms with E-state index in [-0.39, 0.29) is 0 Å². The fourth-order valence-corrected chi connectivity index (χ4v) is 1.99. The Kier molecular flexibility index (Phi) is 2.54. The summed E-state index contributed by atoms with van der Waals surface area (Å²) >= 11 is 3.58. The zero-order valence-electron chi connectivity index (χ0n) is 6.86. The molecule has 0 N–H and O–H groups in total. The molecule has 0 bridgehead atoms. The molecule has 0 atom stereocenters. The molecular weight excluding hydrogens is 297 g/mol. The summed E-state index contributed by atoms with van der Waals surface area (Å²) in [5.41, 5.74) is 2.17. The largest absolute Gasteiger partial charge is 0.264 e. The van der Waals surface area contributed by atoms with Gasteiger partial charge in [-0.25, -0.2) is 4.98 Å². The van der Waals surface area contributed by atoms with E-state index in [1.54, 1.807) is 6.20 Å². The minimum atomic E-state index is 0.800. The third kappa shape index (κ3) is 1.86. The Morgan fingerprint density at radius 2 is 2.31 bits per heavy atom. The molecule has 0 aliphatic heterocycles. The maximum atomic E-state index is 4.31. The van der Waals surface area contributed by atoms with Crippen LogP contribution in [0.5, 0.6) is 0 Å². The Bertz CT molecular complexity index is 427. The number of halogens is 1. The lowest BCUT2D eigenvalue weighted by Gasteiger charge is -1.97. The van der Waals surface area contributed by atoms with Crippen LogP contribution in [0.3, 0.4) is 0 Å². The number of hydrogen-bond donors (Lipinski definition) is 0. The molecule has 2 heterocycles. The maximum absolute atomic E-state index is 4.31. The van der Waals surface area contributed by atoms with Crippen molar-refractivity contribution in [1.29, 1.82) is 0 Å². The van der Waals surface area contributed by atoms with Gasteiger partial charge in [0.25, 0.3) is 0 Å². The van der Waals surface area contributed by atoms with Crippen LogP contribution in [0.4, 0.5) is 0 Å². The summed E-state index contributed by atoms with van der Waals surface area (Å²) in [6.45, 7) is 2.01. The molecule has 0 aliphatic carbocycles. The van der Waals surface area contributed by atoms with E-state index in [1.165, 1.54) is 11.5 Å². The Morgan fingerprint density at radius 3 is 2.92 bits per heavy atom. The first-order chi connectivity index (χ1) is 6.27.